The fourth-order valence-corrected chi connectivity index (χ4v) is 3.21. The molecule has 0 bridgehead atoms. The lowest BCUT2D eigenvalue weighted by atomic mass is 9.96. The lowest BCUT2D eigenvalue weighted by Crippen LogP contribution is -2.33. The second-order valence-corrected chi connectivity index (χ2v) is 6.50. The van der Waals surface area contributed by atoms with Crippen molar-refractivity contribution in [3.8, 4) is 0 Å². The Labute approximate surface area is 112 Å². The third-order valence-corrected chi connectivity index (χ3v) is 4.66. The maximum atomic E-state index is 12.9. The molecule has 5 nitrogen and oxygen atoms in total. The van der Waals surface area contributed by atoms with Crippen molar-refractivity contribution < 1.29 is 12.8 Å². The summed E-state index contributed by atoms with van der Waals surface area (Å²) >= 11 is 0. The highest BCUT2D eigenvalue weighted by molar-refractivity contribution is 7.89. The minimum absolute atomic E-state index is 0.130. The van der Waals surface area contributed by atoms with Crippen LogP contribution in [-0.4, -0.2) is 33.0 Å². The molecule has 1 aromatic heterocycles. The lowest BCUT2D eigenvalue weighted by molar-refractivity contribution is 0.358. The summed E-state index contributed by atoms with van der Waals surface area (Å²) in [5, 5.41) is 3.28. The first-order valence-corrected chi connectivity index (χ1v) is 7.87. The van der Waals surface area contributed by atoms with Crippen LogP contribution in [0.3, 0.4) is 0 Å². The minimum Gasteiger partial charge on any atom is -0.316 e. The Kier molecular flexibility index (Phi) is 4.84. The van der Waals surface area contributed by atoms with E-state index in [1.165, 1.54) is 0 Å². The van der Waals surface area contributed by atoms with Gasteiger partial charge in [0.1, 0.15) is 10.7 Å². The van der Waals surface area contributed by atoms with Gasteiger partial charge in [0.25, 0.3) is 0 Å². The number of hydrogen-bond donors (Lipinski definition) is 2. The van der Waals surface area contributed by atoms with Gasteiger partial charge in [0.05, 0.1) is 6.20 Å². The summed E-state index contributed by atoms with van der Waals surface area (Å²) in [5.74, 6) is -0.151. The molecule has 1 aromatic rings. The molecule has 0 saturated carbocycles. The van der Waals surface area contributed by atoms with E-state index in [2.05, 4.69) is 15.0 Å². The van der Waals surface area contributed by atoms with Gasteiger partial charge in [-0.15, -0.1) is 0 Å². The molecular formula is C12H18FN3O2S. The third kappa shape index (κ3) is 4.22. The van der Waals surface area contributed by atoms with Gasteiger partial charge in [0, 0.05) is 12.7 Å². The van der Waals surface area contributed by atoms with E-state index in [0.29, 0.717) is 12.5 Å². The Morgan fingerprint density at radius 3 is 3.00 bits per heavy atom. The molecule has 1 saturated heterocycles. The van der Waals surface area contributed by atoms with Crippen molar-refractivity contribution in [3.63, 3.8) is 0 Å². The van der Waals surface area contributed by atoms with E-state index in [-0.39, 0.29) is 4.90 Å². The van der Waals surface area contributed by atoms with Crippen molar-refractivity contribution in [2.75, 3.05) is 19.6 Å². The van der Waals surface area contributed by atoms with Crippen molar-refractivity contribution in [3.05, 3.63) is 24.3 Å². The SMILES string of the molecule is O=S(=O)(NCCC1CCCNC1)c1cncc(F)c1. The Hall–Kier alpha value is -1.05. The number of halogens is 1. The van der Waals surface area contributed by atoms with E-state index in [1.54, 1.807) is 0 Å². The molecule has 0 aliphatic carbocycles. The molecule has 1 aliphatic rings. The molecule has 1 aliphatic heterocycles. The molecule has 1 fully saturated rings. The molecule has 0 spiro atoms. The Morgan fingerprint density at radius 2 is 2.32 bits per heavy atom. The van der Waals surface area contributed by atoms with Crippen LogP contribution in [-0.2, 0) is 10.0 Å². The van der Waals surface area contributed by atoms with Crippen LogP contribution in [0.2, 0.25) is 0 Å². The highest BCUT2D eigenvalue weighted by Gasteiger charge is 2.17. The number of nitrogens with zero attached hydrogens (tertiary/aromatic N) is 1. The maximum absolute atomic E-state index is 12.9. The molecule has 2 heterocycles. The molecule has 7 heteroatoms. The topological polar surface area (TPSA) is 71.1 Å². The van der Waals surface area contributed by atoms with Gasteiger partial charge in [-0.25, -0.2) is 17.5 Å². The largest absolute Gasteiger partial charge is 0.316 e. The van der Waals surface area contributed by atoms with Gasteiger partial charge < -0.3 is 5.32 Å². The van der Waals surface area contributed by atoms with Gasteiger partial charge in [-0.3, -0.25) is 4.98 Å². The van der Waals surface area contributed by atoms with Gasteiger partial charge in [-0.05, 0) is 44.3 Å². The van der Waals surface area contributed by atoms with E-state index < -0.39 is 15.8 Å². The molecule has 0 aromatic carbocycles. The first-order chi connectivity index (χ1) is 9.08. The molecule has 19 heavy (non-hydrogen) atoms. The van der Waals surface area contributed by atoms with Crippen LogP contribution in [0.1, 0.15) is 19.3 Å². The summed E-state index contributed by atoms with van der Waals surface area (Å²) in [7, 11) is -3.66. The third-order valence-electron chi connectivity index (χ3n) is 3.23. The van der Waals surface area contributed by atoms with E-state index in [9.17, 15) is 12.8 Å². The summed E-state index contributed by atoms with van der Waals surface area (Å²) in [4.78, 5) is 3.41. The van der Waals surface area contributed by atoms with Crippen LogP contribution in [0.5, 0.6) is 0 Å². The van der Waals surface area contributed by atoms with Crippen LogP contribution in [0, 0.1) is 11.7 Å². The predicted molar refractivity (Wildman–Crippen MR) is 69.6 cm³/mol. The van der Waals surface area contributed by atoms with E-state index >= 15 is 0 Å². The summed E-state index contributed by atoms with van der Waals surface area (Å²) in [6, 6.07) is 0.970. The van der Waals surface area contributed by atoms with Crippen LogP contribution in [0.4, 0.5) is 4.39 Å². The second-order valence-electron chi connectivity index (χ2n) is 4.74. The van der Waals surface area contributed by atoms with Crippen LogP contribution < -0.4 is 10.0 Å². The first-order valence-electron chi connectivity index (χ1n) is 6.39. The van der Waals surface area contributed by atoms with Crippen molar-refractivity contribution in [1.82, 2.24) is 15.0 Å². The van der Waals surface area contributed by atoms with Gasteiger partial charge in [-0.1, -0.05) is 0 Å². The average molecular weight is 287 g/mol. The molecule has 0 radical (unpaired) electrons. The summed E-state index contributed by atoms with van der Waals surface area (Å²) in [6.07, 6.45) is 5.16. The van der Waals surface area contributed by atoms with E-state index in [1.807, 2.05) is 0 Å². The lowest BCUT2D eigenvalue weighted by Gasteiger charge is -2.22. The quantitative estimate of drug-likeness (QED) is 0.843. The van der Waals surface area contributed by atoms with Gasteiger partial charge in [-0.2, -0.15) is 0 Å². The normalized spacial score (nSPS) is 20.4. The molecule has 2 rings (SSSR count). The van der Waals surface area contributed by atoms with Crippen molar-refractivity contribution in [1.29, 1.82) is 0 Å². The summed E-state index contributed by atoms with van der Waals surface area (Å²) in [5.41, 5.74) is 0. The molecule has 106 valence electrons. The average Bonchev–Trinajstić information content (AvgIpc) is 2.40. The fraction of sp³-hybridized carbons (Fsp3) is 0.583. The van der Waals surface area contributed by atoms with Crippen molar-refractivity contribution in [2.45, 2.75) is 24.2 Å². The molecule has 2 N–H and O–H groups in total. The number of sulfonamides is 1. The maximum Gasteiger partial charge on any atom is 0.242 e. The van der Waals surface area contributed by atoms with Gasteiger partial charge >= 0.3 is 0 Å². The van der Waals surface area contributed by atoms with Crippen LogP contribution >= 0.6 is 0 Å². The molecule has 0 amide bonds. The second kappa shape index (κ2) is 6.40. The highest BCUT2D eigenvalue weighted by Crippen LogP contribution is 2.14. The fourth-order valence-electron chi connectivity index (χ4n) is 2.19. The van der Waals surface area contributed by atoms with Crippen LogP contribution in [0.25, 0.3) is 0 Å². The number of hydrogen-bond acceptors (Lipinski definition) is 4. The molecule has 1 unspecified atom stereocenters. The number of rotatable bonds is 5. The predicted octanol–water partition coefficient (Wildman–Crippen LogP) is 0.889. The van der Waals surface area contributed by atoms with Gasteiger partial charge in [0.2, 0.25) is 10.0 Å². The summed E-state index contributed by atoms with van der Waals surface area (Å²) < 4.78 is 39.2. The zero-order valence-electron chi connectivity index (χ0n) is 10.6. The number of piperidine rings is 1. The molecular weight excluding hydrogens is 269 g/mol. The Morgan fingerprint density at radius 1 is 1.47 bits per heavy atom. The van der Waals surface area contributed by atoms with Crippen LogP contribution in [0.15, 0.2) is 23.4 Å². The monoisotopic (exact) mass is 287 g/mol. The minimum atomic E-state index is -3.66. The van der Waals surface area contributed by atoms with Gasteiger partial charge in [0.15, 0.2) is 0 Å². The smallest absolute Gasteiger partial charge is 0.242 e. The number of nitrogens with one attached hydrogen (secondary N) is 2. The van der Waals surface area contributed by atoms with E-state index in [4.69, 9.17) is 0 Å². The van der Waals surface area contributed by atoms with E-state index in [0.717, 1.165) is 50.8 Å². The Balaban J connectivity index is 1.87. The zero-order valence-corrected chi connectivity index (χ0v) is 11.4. The van der Waals surface area contributed by atoms with Crippen molar-refractivity contribution in [2.24, 2.45) is 5.92 Å². The summed E-state index contributed by atoms with van der Waals surface area (Å²) in [6.45, 7) is 2.34. The number of pyridine rings is 1. The highest BCUT2D eigenvalue weighted by atomic mass is 32.2. The number of aromatic nitrogens is 1. The first kappa shape index (κ1) is 14.4. The Bertz CT molecular complexity index is 515. The van der Waals surface area contributed by atoms with Crippen molar-refractivity contribution >= 4 is 10.0 Å². The zero-order chi connectivity index (χ0) is 13.7. The standard InChI is InChI=1S/C12H18FN3O2S/c13-11-6-12(9-15-8-11)19(17,18)16-5-3-10-2-1-4-14-7-10/h6,8-10,14,16H,1-5,7H2. The molecule has 1 atom stereocenters.